The van der Waals surface area contributed by atoms with E-state index in [0.717, 1.165) is 25.7 Å². The molecule has 1 fully saturated rings. The highest BCUT2D eigenvalue weighted by molar-refractivity contribution is 7.89. The Kier molecular flexibility index (Phi) is 8.34. The molecule has 8 heteroatoms. The Labute approximate surface area is 156 Å². The zero-order chi connectivity index (χ0) is 17.7. The van der Waals surface area contributed by atoms with E-state index >= 15 is 0 Å². The maximum atomic E-state index is 12.7. The van der Waals surface area contributed by atoms with Crippen molar-refractivity contribution in [3.05, 3.63) is 29.3 Å². The molecule has 0 radical (unpaired) electrons. The summed E-state index contributed by atoms with van der Waals surface area (Å²) in [7, 11) is -2.38. The average Bonchev–Trinajstić information content (AvgIpc) is 2.59. The van der Waals surface area contributed by atoms with Crippen LogP contribution in [0.1, 0.15) is 48.0 Å². The summed E-state index contributed by atoms with van der Waals surface area (Å²) in [6.07, 6.45) is 5.45. The van der Waals surface area contributed by atoms with Crippen LogP contribution in [0, 0.1) is 12.8 Å². The Balaban J connectivity index is 0.00000312. The van der Waals surface area contributed by atoms with Crippen LogP contribution in [0.3, 0.4) is 0 Å². The minimum Gasteiger partial charge on any atom is -0.465 e. The third-order valence-electron chi connectivity index (χ3n) is 4.69. The van der Waals surface area contributed by atoms with E-state index in [-0.39, 0.29) is 35.8 Å². The lowest BCUT2D eigenvalue weighted by Crippen LogP contribution is -2.45. The largest absolute Gasteiger partial charge is 0.465 e. The Morgan fingerprint density at radius 2 is 1.96 bits per heavy atom. The molecule has 25 heavy (non-hydrogen) atoms. The molecule has 6 nitrogen and oxygen atoms in total. The van der Waals surface area contributed by atoms with Crippen molar-refractivity contribution in [1.29, 1.82) is 0 Å². The van der Waals surface area contributed by atoms with E-state index in [2.05, 4.69) is 9.46 Å². The van der Waals surface area contributed by atoms with Gasteiger partial charge in [-0.25, -0.2) is 17.9 Å². The van der Waals surface area contributed by atoms with Crippen molar-refractivity contribution in [1.82, 2.24) is 4.72 Å². The second kappa shape index (κ2) is 9.52. The molecule has 0 spiro atoms. The minimum absolute atomic E-state index is 0. The summed E-state index contributed by atoms with van der Waals surface area (Å²) in [5, 5.41) is 0. The number of aryl methyl sites for hydroxylation is 1. The fourth-order valence-corrected chi connectivity index (χ4v) is 4.69. The number of nitrogens with two attached hydrogens (primary N) is 1. The van der Waals surface area contributed by atoms with Crippen LogP contribution in [0.15, 0.2) is 23.1 Å². The molecule has 1 saturated carbocycles. The highest BCUT2D eigenvalue weighted by Crippen LogP contribution is 2.27. The molecule has 142 valence electrons. The van der Waals surface area contributed by atoms with Gasteiger partial charge in [0.15, 0.2) is 0 Å². The van der Waals surface area contributed by atoms with E-state index in [1.807, 2.05) is 0 Å². The number of methoxy groups -OCH3 is 1. The Hall–Kier alpha value is -1.15. The van der Waals surface area contributed by atoms with Crippen LogP contribution >= 0.6 is 12.4 Å². The summed E-state index contributed by atoms with van der Waals surface area (Å²) in [5.74, 6) is -0.194. The molecular weight excluding hydrogens is 364 g/mol. The lowest BCUT2D eigenvalue weighted by molar-refractivity contribution is 0.0600. The van der Waals surface area contributed by atoms with Crippen molar-refractivity contribution in [3.8, 4) is 0 Å². The van der Waals surface area contributed by atoms with Crippen molar-refractivity contribution in [2.24, 2.45) is 11.7 Å². The fraction of sp³-hybridized carbons (Fsp3) is 0.588. The number of ether oxygens (including phenoxy) is 1. The molecule has 1 aliphatic rings. The van der Waals surface area contributed by atoms with Crippen LogP contribution in [0.5, 0.6) is 0 Å². The standard InChI is InChI=1S/C17H26N2O4S.ClH/c1-12-10-14(8-9-15(12)17(20)23-2)24(21,22)19-16(11-18)13-6-4-3-5-7-13;/h8-10,13,16,19H,3-7,11,18H2,1-2H3;1H. The van der Waals surface area contributed by atoms with E-state index in [0.29, 0.717) is 11.1 Å². The molecule has 1 unspecified atom stereocenters. The first-order chi connectivity index (χ1) is 11.4. The summed E-state index contributed by atoms with van der Waals surface area (Å²) in [4.78, 5) is 11.8. The molecule has 0 aromatic heterocycles. The molecule has 2 rings (SSSR count). The number of hydrogen-bond acceptors (Lipinski definition) is 5. The van der Waals surface area contributed by atoms with Crippen molar-refractivity contribution in [2.45, 2.75) is 50.0 Å². The zero-order valence-corrected chi connectivity index (χ0v) is 16.3. The summed E-state index contributed by atoms with van der Waals surface area (Å²) >= 11 is 0. The molecule has 1 aromatic rings. The van der Waals surface area contributed by atoms with Crippen LogP contribution in [-0.4, -0.2) is 34.1 Å². The highest BCUT2D eigenvalue weighted by Gasteiger charge is 2.27. The smallest absolute Gasteiger partial charge is 0.338 e. The van der Waals surface area contributed by atoms with Crippen molar-refractivity contribution >= 4 is 28.4 Å². The highest BCUT2D eigenvalue weighted by atomic mass is 35.5. The second-order valence-corrected chi connectivity index (χ2v) is 8.04. The van der Waals surface area contributed by atoms with Crippen LogP contribution in [-0.2, 0) is 14.8 Å². The quantitative estimate of drug-likeness (QED) is 0.726. The number of rotatable bonds is 6. The summed E-state index contributed by atoms with van der Waals surface area (Å²) in [6, 6.07) is 4.14. The predicted octanol–water partition coefficient (Wildman–Crippen LogP) is 2.39. The van der Waals surface area contributed by atoms with Crippen molar-refractivity contribution in [3.63, 3.8) is 0 Å². The Morgan fingerprint density at radius 3 is 2.48 bits per heavy atom. The van der Waals surface area contributed by atoms with Crippen LogP contribution in [0.2, 0.25) is 0 Å². The topological polar surface area (TPSA) is 98.5 Å². The monoisotopic (exact) mass is 390 g/mol. The number of hydrogen-bond donors (Lipinski definition) is 2. The molecule has 1 aliphatic carbocycles. The van der Waals surface area contributed by atoms with Crippen molar-refractivity contribution in [2.75, 3.05) is 13.7 Å². The summed E-state index contributed by atoms with van der Waals surface area (Å²) in [6.45, 7) is 1.97. The fourth-order valence-electron chi connectivity index (χ4n) is 3.28. The van der Waals surface area contributed by atoms with Gasteiger partial charge in [0.05, 0.1) is 17.6 Å². The van der Waals surface area contributed by atoms with Crippen molar-refractivity contribution < 1.29 is 17.9 Å². The van der Waals surface area contributed by atoms with Gasteiger partial charge in [0, 0.05) is 12.6 Å². The molecule has 0 bridgehead atoms. The number of carbonyl (C=O) groups is 1. The van der Waals surface area contributed by atoms with Crippen LogP contribution in [0.25, 0.3) is 0 Å². The number of sulfonamides is 1. The minimum atomic E-state index is -3.67. The molecular formula is C17H27ClN2O4S. The SMILES string of the molecule is COC(=O)c1ccc(S(=O)(=O)NC(CN)C2CCCCC2)cc1C.Cl. The molecule has 3 N–H and O–H groups in total. The van der Waals surface area contributed by atoms with Gasteiger partial charge in [-0.2, -0.15) is 0 Å². The first kappa shape index (κ1) is 21.9. The second-order valence-electron chi connectivity index (χ2n) is 6.33. The normalized spacial score (nSPS) is 16.8. The van der Waals surface area contributed by atoms with Gasteiger partial charge in [0.25, 0.3) is 0 Å². The van der Waals surface area contributed by atoms with Crippen LogP contribution in [0.4, 0.5) is 0 Å². The van der Waals surface area contributed by atoms with Gasteiger partial charge >= 0.3 is 5.97 Å². The maximum absolute atomic E-state index is 12.7. The van der Waals surface area contributed by atoms with Gasteiger partial charge in [0.1, 0.15) is 0 Å². The van der Waals surface area contributed by atoms with E-state index in [4.69, 9.17) is 5.73 Å². The number of carbonyl (C=O) groups excluding carboxylic acids is 1. The molecule has 1 aromatic carbocycles. The number of halogens is 1. The van der Waals surface area contributed by atoms with Gasteiger partial charge < -0.3 is 10.5 Å². The van der Waals surface area contributed by atoms with Gasteiger partial charge in [-0.05, 0) is 49.4 Å². The van der Waals surface area contributed by atoms with E-state index in [1.165, 1.54) is 31.7 Å². The van der Waals surface area contributed by atoms with Gasteiger partial charge in [0.2, 0.25) is 10.0 Å². The molecule has 0 amide bonds. The summed E-state index contributed by atoms with van der Waals surface area (Å²) in [5.41, 5.74) is 6.73. The lowest BCUT2D eigenvalue weighted by atomic mass is 9.84. The van der Waals surface area contributed by atoms with E-state index < -0.39 is 16.0 Å². The Morgan fingerprint density at radius 1 is 1.32 bits per heavy atom. The number of nitrogens with one attached hydrogen (secondary N) is 1. The van der Waals surface area contributed by atoms with Gasteiger partial charge in [-0.1, -0.05) is 19.3 Å². The molecule has 0 saturated heterocycles. The first-order valence-electron chi connectivity index (χ1n) is 8.30. The average molecular weight is 391 g/mol. The predicted molar refractivity (Wildman–Crippen MR) is 99.5 cm³/mol. The third-order valence-corrected chi connectivity index (χ3v) is 6.18. The maximum Gasteiger partial charge on any atom is 0.338 e. The van der Waals surface area contributed by atoms with Gasteiger partial charge in [-0.3, -0.25) is 0 Å². The zero-order valence-electron chi connectivity index (χ0n) is 14.7. The van der Waals surface area contributed by atoms with Crippen LogP contribution < -0.4 is 10.5 Å². The lowest BCUT2D eigenvalue weighted by Gasteiger charge is -2.29. The molecule has 0 heterocycles. The number of benzene rings is 1. The first-order valence-corrected chi connectivity index (χ1v) is 9.78. The summed E-state index contributed by atoms with van der Waals surface area (Å²) < 4.78 is 32.8. The Bertz CT molecular complexity index is 688. The van der Waals surface area contributed by atoms with E-state index in [9.17, 15) is 13.2 Å². The molecule has 0 aliphatic heterocycles. The molecule has 1 atom stereocenters. The van der Waals surface area contributed by atoms with E-state index in [1.54, 1.807) is 6.92 Å². The third kappa shape index (κ3) is 5.41. The van der Waals surface area contributed by atoms with Gasteiger partial charge in [-0.15, -0.1) is 12.4 Å². The number of esters is 1.